The van der Waals surface area contributed by atoms with Crippen molar-refractivity contribution in [2.75, 3.05) is 5.32 Å². The number of hydrogen-bond donors (Lipinski definition) is 2. The van der Waals surface area contributed by atoms with Crippen LogP contribution in [0.25, 0.3) is 10.9 Å². The predicted octanol–water partition coefficient (Wildman–Crippen LogP) is 2.67. The summed E-state index contributed by atoms with van der Waals surface area (Å²) in [5, 5.41) is 12.3. The highest BCUT2D eigenvalue weighted by molar-refractivity contribution is 6.05. The number of nitrogens with one attached hydrogen (secondary N) is 1. The highest BCUT2D eigenvalue weighted by Gasteiger charge is 2.65. The number of benzene rings is 1. The third kappa shape index (κ3) is 2.11. The second-order valence-electron chi connectivity index (χ2n) is 6.10. The Bertz CT molecular complexity index is 788. The fraction of sp³-hybridized carbons (Fsp3) is 0.312. The number of halogens is 1. The molecule has 0 unspecified atom stereocenters. The van der Waals surface area contributed by atoms with E-state index in [9.17, 15) is 14.0 Å². The van der Waals surface area contributed by atoms with Crippen molar-refractivity contribution in [3.05, 3.63) is 36.3 Å². The normalized spacial score (nSPS) is 22.3. The molecule has 1 aliphatic carbocycles. The first-order chi connectivity index (χ1) is 10.3. The van der Waals surface area contributed by atoms with E-state index >= 15 is 0 Å². The molecular formula is C16H15FN2O3. The molecule has 114 valence electrons. The van der Waals surface area contributed by atoms with Crippen LogP contribution >= 0.6 is 0 Å². The summed E-state index contributed by atoms with van der Waals surface area (Å²) in [6.45, 7) is 3.50. The van der Waals surface area contributed by atoms with Crippen molar-refractivity contribution < 1.29 is 19.1 Å². The molecule has 1 fully saturated rings. The summed E-state index contributed by atoms with van der Waals surface area (Å²) in [4.78, 5) is 27.5. The van der Waals surface area contributed by atoms with Crippen molar-refractivity contribution >= 4 is 28.5 Å². The summed E-state index contributed by atoms with van der Waals surface area (Å²) in [6.07, 6.45) is 1.41. The van der Waals surface area contributed by atoms with Gasteiger partial charge in [-0.05, 0) is 17.5 Å². The molecule has 1 aliphatic rings. The highest BCUT2D eigenvalue weighted by atomic mass is 19.1. The molecule has 2 N–H and O–H groups in total. The van der Waals surface area contributed by atoms with Gasteiger partial charge in [-0.15, -0.1) is 0 Å². The van der Waals surface area contributed by atoms with Gasteiger partial charge in [0.05, 0.1) is 17.5 Å². The zero-order valence-electron chi connectivity index (χ0n) is 12.1. The van der Waals surface area contributed by atoms with E-state index in [4.69, 9.17) is 5.11 Å². The molecule has 5 nitrogen and oxygen atoms in total. The second kappa shape index (κ2) is 4.76. The van der Waals surface area contributed by atoms with Crippen LogP contribution < -0.4 is 5.32 Å². The van der Waals surface area contributed by atoms with Crippen molar-refractivity contribution in [3.63, 3.8) is 0 Å². The number of anilines is 1. The Morgan fingerprint density at radius 1 is 1.27 bits per heavy atom. The lowest BCUT2D eigenvalue weighted by molar-refractivity contribution is -0.140. The van der Waals surface area contributed by atoms with Gasteiger partial charge in [0.25, 0.3) is 0 Å². The zero-order chi connectivity index (χ0) is 16.1. The minimum absolute atomic E-state index is 0.171. The van der Waals surface area contributed by atoms with Crippen molar-refractivity contribution in [1.82, 2.24) is 4.98 Å². The van der Waals surface area contributed by atoms with Crippen LogP contribution in [0.2, 0.25) is 0 Å². The lowest BCUT2D eigenvalue weighted by Gasteiger charge is -2.09. The van der Waals surface area contributed by atoms with Gasteiger partial charge in [0.15, 0.2) is 0 Å². The van der Waals surface area contributed by atoms with E-state index in [0.717, 1.165) is 0 Å². The lowest BCUT2D eigenvalue weighted by atomic mass is 10.1. The zero-order valence-corrected chi connectivity index (χ0v) is 12.1. The number of rotatable bonds is 3. The van der Waals surface area contributed by atoms with E-state index in [1.165, 1.54) is 18.3 Å². The second-order valence-corrected chi connectivity index (χ2v) is 6.10. The molecule has 1 heterocycles. The van der Waals surface area contributed by atoms with Crippen LogP contribution in [0.15, 0.2) is 30.5 Å². The number of carbonyl (C=O) groups is 2. The Kier molecular flexibility index (Phi) is 3.12. The molecule has 1 amide bonds. The third-order valence-corrected chi connectivity index (χ3v) is 4.36. The Balaban J connectivity index is 1.90. The van der Waals surface area contributed by atoms with E-state index in [1.54, 1.807) is 26.0 Å². The average Bonchev–Trinajstić information content (AvgIpc) is 3.03. The number of nitrogens with zero attached hydrogens (tertiary/aromatic N) is 1. The molecule has 1 saturated carbocycles. The lowest BCUT2D eigenvalue weighted by Crippen LogP contribution is -2.18. The molecule has 1 aromatic heterocycles. The van der Waals surface area contributed by atoms with Crippen molar-refractivity contribution in [2.24, 2.45) is 17.3 Å². The van der Waals surface area contributed by atoms with Crippen LogP contribution in [0.5, 0.6) is 0 Å². The summed E-state index contributed by atoms with van der Waals surface area (Å²) >= 11 is 0. The first-order valence-corrected chi connectivity index (χ1v) is 6.91. The number of carbonyl (C=O) groups excluding carboxylic acids is 1. The van der Waals surface area contributed by atoms with Crippen molar-refractivity contribution in [2.45, 2.75) is 13.8 Å². The monoisotopic (exact) mass is 302 g/mol. The molecule has 0 saturated heterocycles. The number of hydrogen-bond acceptors (Lipinski definition) is 3. The largest absolute Gasteiger partial charge is 0.481 e. The summed E-state index contributed by atoms with van der Waals surface area (Å²) in [7, 11) is 0. The number of para-hydroxylation sites is 1. The number of amides is 1. The van der Waals surface area contributed by atoms with E-state index in [-0.39, 0.29) is 11.4 Å². The fourth-order valence-corrected chi connectivity index (χ4v) is 3.05. The first-order valence-electron chi connectivity index (χ1n) is 6.91. The smallest absolute Gasteiger partial charge is 0.307 e. The van der Waals surface area contributed by atoms with Gasteiger partial charge < -0.3 is 10.4 Å². The summed E-state index contributed by atoms with van der Waals surface area (Å²) in [5.41, 5.74) is 0.0239. The van der Waals surface area contributed by atoms with Crippen LogP contribution in [-0.2, 0) is 9.59 Å². The summed E-state index contributed by atoms with van der Waals surface area (Å²) in [6, 6.07) is 6.07. The predicted molar refractivity (Wildman–Crippen MR) is 78.7 cm³/mol. The maximum absolute atomic E-state index is 13.7. The number of aromatic nitrogens is 1. The van der Waals surface area contributed by atoms with E-state index in [1.807, 2.05) is 0 Å². The Hall–Kier alpha value is -2.50. The Morgan fingerprint density at radius 2 is 2.00 bits per heavy atom. The topological polar surface area (TPSA) is 79.3 Å². The number of fused-ring (bicyclic) bond motifs is 1. The summed E-state index contributed by atoms with van der Waals surface area (Å²) < 4.78 is 13.7. The van der Waals surface area contributed by atoms with Gasteiger partial charge in [0.1, 0.15) is 11.3 Å². The average molecular weight is 302 g/mol. The van der Waals surface area contributed by atoms with Crippen LogP contribution in [-0.4, -0.2) is 22.0 Å². The number of carboxylic acid groups (broad SMARTS) is 1. The van der Waals surface area contributed by atoms with Gasteiger partial charge in [0.2, 0.25) is 5.91 Å². The molecular weight excluding hydrogens is 287 g/mol. The quantitative estimate of drug-likeness (QED) is 0.913. The van der Waals surface area contributed by atoms with Crippen LogP contribution in [0.4, 0.5) is 10.1 Å². The van der Waals surface area contributed by atoms with Crippen LogP contribution in [0, 0.1) is 23.1 Å². The molecule has 2 aromatic rings. The number of aliphatic carboxylic acids is 1. The standard InChI is InChI=1S/C16H15FN2O3/c1-16(2)11(12(16)15(21)22)14(20)19-10-6-7-18-13-8(10)4-3-5-9(13)17/h3-7,11-12H,1-2H3,(H,21,22)(H,18,19,20)/t11-,12+/m1/s1. The molecule has 0 radical (unpaired) electrons. The maximum Gasteiger partial charge on any atom is 0.307 e. The van der Waals surface area contributed by atoms with E-state index in [0.29, 0.717) is 11.1 Å². The van der Waals surface area contributed by atoms with Gasteiger partial charge >= 0.3 is 5.97 Å². The van der Waals surface area contributed by atoms with Crippen LogP contribution in [0.3, 0.4) is 0 Å². The van der Waals surface area contributed by atoms with E-state index in [2.05, 4.69) is 10.3 Å². The maximum atomic E-state index is 13.7. The van der Waals surface area contributed by atoms with Gasteiger partial charge in [-0.25, -0.2) is 4.39 Å². The Morgan fingerprint density at radius 3 is 2.64 bits per heavy atom. The minimum Gasteiger partial charge on any atom is -0.481 e. The van der Waals surface area contributed by atoms with Gasteiger partial charge in [0, 0.05) is 11.6 Å². The van der Waals surface area contributed by atoms with Crippen molar-refractivity contribution in [1.29, 1.82) is 0 Å². The molecule has 1 aromatic carbocycles. The molecule has 22 heavy (non-hydrogen) atoms. The first kappa shape index (κ1) is 14.4. The molecule has 6 heteroatoms. The SMILES string of the molecule is CC1(C)[C@H](C(=O)O)[C@@H]1C(=O)Nc1ccnc2c(F)cccc12. The molecule has 3 rings (SSSR count). The summed E-state index contributed by atoms with van der Waals surface area (Å²) in [5.74, 6) is -3.10. The molecule has 0 spiro atoms. The van der Waals surface area contributed by atoms with Crippen molar-refractivity contribution in [3.8, 4) is 0 Å². The molecule has 0 aliphatic heterocycles. The Labute approximate surface area is 126 Å². The molecule has 0 bridgehead atoms. The van der Waals surface area contributed by atoms with Crippen LogP contribution in [0.1, 0.15) is 13.8 Å². The van der Waals surface area contributed by atoms with Gasteiger partial charge in [-0.2, -0.15) is 0 Å². The fourth-order valence-electron chi connectivity index (χ4n) is 3.05. The third-order valence-electron chi connectivity index (χ3n) is 4.36. The minimum atomic E-state index is -0.976. The molecule has 2 atom stereocenters. The number of carboxylic acids is 1. The highest BCUT2D eigenvalue weighted by Crippen LogP contribution is 2.58. The van der Waals surface area contributed by atoms with Gasteiger partial charge in [-0.3, -0.25) is 14.6 Å². The van der Waals surface area contributed by atoms with Gasteiger partial charge in [-0.1, -0.05) is 26.0 Å². The number of pyridine rings is 1. The van der Waals surface area contributed by atoms with E-state index < -0.39 is 29.0 Å².